The zero-order chi connectivity index (χ0) is 17.5. The molecule has 2 amide bonds. The molecule has 1 unspecified atom stereocenters. The zero-order valence-electron chi connectivity index (χ0n) is 14.9. The van der Waals surface area contributed by atoms with Crippen molar-refractivity contribution in [3.63, 3.8) is 0 Å². The molecule has 1 aromatic rings. The minimum Gasteiger partial charge on any atom is -0.355 e. The summed E-state index contributed by atoms with van der Waals surface area (Å²) in [7, 11) is 0. The van der Waals surface area contributed by atoms with Gasteiger partial charge in [0, 0.05) is 26.1 Å². The highest BCUT2D eigenvalue weighted by molar-refractivity contribution is 5.89. The van der Waals surface area contributed by atoms with Crippen molar-refractivity contribution < 1.29 is 9.59 Å². The number of carbonyl (C=O) groups excluding carboxylic acids is 2. The van der Waals surface area contributed by atoms with Crippen molar-refractivity contribution in [1.29, 1.82) is 0 Å². The number of nitrogens with zero attached hydrogens (tertiary/aromatic N) is 1. The van der Waals surface area contributed by atoms with Gasteiger partial charge in [-0.1, -0.05) is 42.0 Å². The summed E-state index contributed by atoms with van der Waals surface area (Å²) in [6, 6.07) is 10.2. The Kier molecular flexibility index (Phi) is 6.26. The molecule has 1 aliphatic heterocycles. The molecule has 1 atom stereocenters. The average Bonchev–Trinajstić information content (AvgIpc) is 3.02. The lowest BCUT2D eigenvalue weighted by Gasteiger charge is -2.17. The van der Waals surface area contributed by atoms with Gasteiger partial charge in [0.05, 0.1) is 5.92 Å². The van der Waals surface area contributed by atoms with E-state index < -0.39 is 0 Å². The maximum atomic E-state index is 12.3. The lowest BCUT2D eigenvalue weighted by molar-refractivity contribution is -0.129. The zero-order valence-corrected chi connectivity index (χ0v) is 14.9. The lowest BCUT2D eigenvalue weighted by Crippen LogP contribution is -2.34. The van der Waals surface area contributed by atoms with E-state index >= 15 is 0 Å². The van der Waals surface area contributed by atoms with Gasteiger partial charge >= 0.3 is 0 Å². The number of allylic oxidation sites excluding steroid dienone is 1. The van der Waals surface area contributed by atoms with Gasteiger partial charge in [-0.05, 0) is 44.1 Å². The van der Waals surface area contributed by atoms with Crippen molar-refractivity contribution >= 4 is 11.8 Å². The summed E-state index contributed by atoms with van der Waals surface area (Å²) in [4.78, 5) is 26.3. The maximum absolute atomic E-state index is 12.3. The second-order valence-corrected chi connectivity index (χ2v) is 7.13. The molecular formula is C21H28N2O2. The Labute approximate surface area is 150 Å². The summed E-state index contributed by atoms with van der Waals surface area (Å²) in [6.07, 6.45) is 9.37. The molecule has 134 valence electrons. The molecule has 4 heteroatoms. The fraction of sp³-hybridized carbons (Fsp3) is 0.524. The minimum atomic E-state index is -0.191. The van der Waals surface area contributed by atoms with Gasteiger partial charge in [-0.2, -0.15) is 0 Å². The molecule has 25 heavy (non-hydrogen) atoms. The van der Waals surface area contributed by atoms with Crippen LogP contribution in [0.2, 0.25) is 0 Å². The van der Waals surface area contributed by atoms with Crippen molar-refractivity contribution in [2.75, 3.05) is 19.6 Å². The van der Waals surface area contributed by atoms with E-state index in [2.05, 4.69) is 23.5 Å². The molecule has 1 saturated heterocycles. The molecule has 1 fully saturated rings. The first-order chi connectivity index (χ1) is 12.2. The van der Waals surface area contributed by atoms with E-state index in [0.717, 1.165) is 12.8 Å². The fourth-order valence-electron chi connectivity index (χ4n) is 3.69. The lowest BCUT2D eigenvalue weighted by atomic mass is 9.97. The second-order valence-electron chi connectivity index (χ2n) is 7.13. The van der Waals surface area contributed by atoms with Crippen LogP contribution in [0.3, 0.4) is 0 Å². The quantitative estimate of drug-likeness (QED) is 0.776. The SMILES string of the molecule is O=C(NCCC1=CCCCC1)C1CC(=O)N(CCc2ccccc2)C1. The Hall–Kier alpha value is -2.10. The van der Waals surface area contributed by atoms with Gasteiger partial charge in [-0.25, -0.2) is 0 Å². The van der Waals surface area contributed by atoms with Gasteiger partial charge in [-0.15, -0.1) is 0 Å². The highest BCUT2D eigenvalue weighted by Gasteiger charge is 2.33. The van der Waals surface area contributed by atoms with Crippen molar-refractivity contribution in [2.24, 2.45) is 5.92 Å². The largest absolute Gasteiger partial charge is 0.355 e. The third-order valence-electron chi connectivity index (χ3n) is 5.23. The summed E-state index contributed by atoms with van der Waals surface area (Å²) in [6.45, 7) is 1.94. The molecule has 0 saturated carbocycles. The van der Waals surface area contributed by atoms with Crippen LogP contribution in [0.5, 0.6) is 0 Å². The number of carbonyl (C=O) groups is 2. The predicted octanol–water partition coefficient (Wildman–Crippen LogP) is 3.08. The Balaban J connectivity index is 1.40. The Morgan fingerprint density at radius 2 is 2.00 bits per heavy atom. The third kappa shape index (κ3) is 5.18. The average molecular weight is 340 g/mol. The van der Waals surface area contributed by atoms with Crippen LogP contribution < -0.4 is 5.32 Å². The maximum Gasteiger partial charge on any atom is 0.225 e. The first-order valence-electron chi connectivity index (χ1n) is 9.49. The van der Waals surface area contributed by atoms with Crippen LogP contribution in [-0.2, 0) is 16.0 Å². The van der Waals surface area contributed by atoms with E-state index in [1.165, 1.54) is 36.8 Å². The van der Waals surface area contributed by atoms with Crippen LogP contribution in [-0.4, -0.2) is 36.3 Å². The van der Waals surface area contributed by atoms with E-state index in [9.17, 15) is 9.59 Å². The molecule has 2 aliphatic rings. The van der Waals surface area contributed by atoms with Gasteiger partial charge in [0.15, 0.2) is 0 Å². The molecule has 1 heterocycles. The van der Waals surface area contributed by atoms with E-state index in [0.29, 0.717) is 26.1 Å². The van der Waals surface area contributed by atoms with Crippen LogP contribution in [0.15, 0.2) is 42.0 Å². The summed E-state index contributed by atoms with van der Waals surface area (Å²) >= 11 is 0. The summed E-state index contributed by atoms with van der Waals surface area (Å²) in [5.41, 5.74) is 2.70. The summed E-state index contributed by atoms with van der Waals surface area (Å²) in [5, 5.41) is 3.03. The molecule has 0 bridgehead atoms. The number of benzene rings is 1. The first-order valence-corrected chi connectivity index (χ1v) is 9.49. The summed E-state index contributed by atoms with van der Waals surface area (Å²) in [5.74, 6) is -0.0540. The van der Waals surface area contributed by atoms with Gasteiger partial charge in [0.1, 0.15) is 0 Å². The van der Waals surface area contributed by atoms with Crippen LogP contribution in [0.1, 0.15) is 44.1 Å². The van der Waals surface area contributed by atoms with Gasteiger partial charge < -0.3 is 10.2 Å². The molecule has 1 aromatic carbocycles. The molecule has 1 aliphatic carbocycles. The fourth-order valence-corrected chi connectivity index (χ4v) is 3.69. The van der Waals surface area contributed by atoms with E-state index in [1.807, 2.05) is 23.1 Å². The highest BCUT2D eigenvalue weighted by Crippen LogP contribution is 2.21. The first kappa shape index (κ1) is 17.7. The summed E-state index contributed by atoms with van der Waals surface area (Å²) < 4.78 is 0. The van der Waals surface area contributed by atoms with Gasteiger partial charge in [0.25, 0.3) is 0 Å². The Bertz CT molecular complexity index is 624. The van der Waals surface area contributed by atoms with Crippen molar-refractivity contribution in [2.45, 2.75) is 44.9 Å². The molecule has 3 rings (SSSR count). The van der Waals surface area contributed by atoms with Gasteiger partial charge in [-0.3, -0.25) is 9.59 Å². The predicted molar refractivity (Wildman–Crippen MR) is 99.0 cm³/mol. The smallest absolute Gasteiger partial charge is 0.225 e. The normalized spacial score (nSPS) is 20.5. The molecular weight excluding hydrogens is 312 g/mol. The monoisotopic (exact) mass is 340 g/mol. The number of hydrogen-bond acceptors (Lipinski definition) is 2. The molecule has 0 aromatic heterocycles. The molecule has 4 nitrogen and oxygen atoms in total. The minimum absolute atomic E-state index is 0.0342. The number of rotatable bonds is 7. The number of likely N-dealkylation sites (tertiary alicyclic amines) is 1. The van der Waals surface area contributed by atoms with E-state index in [1.54, 1.807) is 0 Å². The topological polar surface area (TPSA) is 49.4 Å². The van der Waals surface area contributed by atoms with E-state index in [-0.39, 0.29) is 17.7 Å². The Morgan fingerprint density at radius 1 is 1.16 bits per heavy atom. The van der Waals surface area contributed by atoms with E-state index in [4.69, 9.17) is 0 Å². The van der Waals surface area contributed by atoms with Crippen LogP contribution >= 0.6 is 0 Å². The van der Waals surface area contributed by atoms with Gasteiger partial charge in [0.2, 0.25) is 11.8 Å². The Morgan fingerprint density at radius 3 is 2.76 bits per heavy atom. The van der Waals surface area contributed by atoms with Crippen LogP contribution in [0.4, 0.5) is 0 Å². The number of hydrogen-bond donors (Lipinski definition) is 1. The standard InChI is InChI=1S/C21H28N2O2/c24-20-15-19(16-23(20)14-12-18-9-5-2-6-10-18)21(25)22-13-11-17-7-3-1-4-8-17/h2,5-7,9-10,19H,1,3-4,8,11-16H2,(H,22,25). The van der Waals surface area contributed by atoms with Crippen LogP contribution in [0, 0.1) is 5.92 Å². The number of nitrogens with one attached hydrogen (secondary N) is 1. The van der Waals surface area contributed by atoms with Crippen molar-refractivity contribution in [3.05, 3.63) is 47.5 Å². The highest BCUT2D eigenvalue weighted by atomic mass is 16.2. The van der Waals surface area contributed by atoms with Crippen LogP contribution in [0.25, 0.3) is 0 Å². The van der Waals surface area contributed by atoms with Crippen molar-refractivity contribution in [3.8, 4) is 0 Å². The van der Waals surface area contributed by atoms with Crippen molar-refractivity contribution in [1.82, 2.24) is 10.2 Å². The molecule has 1 N–H and O–H groups in total. The number of amides is 2. The second kappa shape index (κ2) is 8.84. The molecule has 0 spiro atoms. The molecule has 0 radical (unpaired) electrons. The third-order valence-corrected chi connectivity index (χ3v) is 5.23.